The van der Waals surface area contributed by atoms with Crippen LogP contribution in [0.4, 0.5) is 0 Å². The lowest BCUT2D eigenvalue weighted by Gasteiger charge is -2.24. The van der Waals surface area contributed by atoms with Gasteiger partial charge in [-0.25, -0.2) is 0 Å². The van der Waals surface area contributed by atoms with Crippen molar-refractivity contribution in [2.75, 3.05) is 6.61 Å². The summed E-state index contributed by atoms with van der Waals surface area (Å²) in [4.78, 5) is 26.0. The molecule has 0 bridgehead atoms. The standard InChI is InChI=1S/C51H95NO5/c1-4-7-10-13-16-19-22-23-24-25-26-27-29-30-33-36-39-42-47(57-51(56)44-41-38-35-32-28-20-17-14-11-8-5-2)45-50(55)52-48(46-53)49(54)43-40-37-34-31-21-18-15-12-9-6-3/h14,16-17,19,23-24,47-49,53-54H,4-13,15,18,20-22,25-46H2,1-3H3,(H,52,55)/b17-14-,19-16-,24-23-. The molecule has 1 amide bonds. The van der Waals surface area contributed by atoms with Crippen molar-refractivity contribution < 1.29 is 24.5 Å². The van der Waals surface area contributed by atoms with Crippen LogP contribution in [-0.2, 0) is 14.3 Å². The quantitative estimate of drug-likeness (QED) is 0.0324. The van der Waals surface area contributed by atoms with Crippen molar-refractivity contribution in [1.29, 1.82) is 0 Å². The lowest BCUT2D eigenvalue weighted by molar-refractivity contribution is -0.151. The lowest BCUT2D eigenvalue weighted by atomic mass is 10.0. The minimum absolute atomic E-state index is 0.0706. The van der Waals surface area contributed by atoms with Crippen LogP contribution in [-0.4, -0.2) is 46.9 Å². The molecule has 0 saturated heterocycles. The number of aliphatic hydroxyl groups excluding tert-OH is 2. The average molecular weight is 802 g/mol. The largest absolute Gasteiger partial charge is 0.462 e. The highest BCUT2D eigenvalue weighted by Gasteiger charge is 2.24. The molecule has 0 heterocycles. The van der Waals surface area contributed by atoms with E-state index in [2.05, 4.69) is 62.5 Å². The molecule has 0 aliphatic rings. The monoisotopic (exact) mass is 802 g/mol. The summed E-state index contributed by atoms with van der Waals surface area (Å²) in [7, 11) is 0. The molecule has 6 heteroatoms. The number of nitrogens with one attached hydrogen (secondary N) is 1. The van der Waals surface area contributed by atoms with Gasteiger partial charge in [-0.1, -0.05) is 198 Å². The zero-order chi connectivity index (χ0) is 41.7. The van der Waals surface area contributed by atoms with Crippen LogP contribution in [0.15, 0.2) is 36.5 Å². The van der Waals surface area contributed by atoms with Gasteiger partial charge in [0, 0.05) is 6.42 Å². The van der Waals surface area contributed by atoms with E-state index in [1.54, 1.807) is 0 Å². The van der Waals surface area contributed by atoms with Gasteiger partial charge in [0.1, 0.15) is 6.10 Å². The second-order valence-corrected chi connectivity index (χ2v) is 16.9. The Morgan fingerprint density at radius 3 is 1.44 bits per heavy atom. The maximum absolute atomic E-state index is 13.2. The van der Waals surface area contributed by atoms with Gasteiger partial charge in [0.2, 0.25) is 5.91 Å². The van der Waals surface area contributed by atoms with Crippen molar-refractivity contribution >= 4 is 11.9 Å². The molecule has 0 rings (SSSR count). The first-order chi connectivity index (χ1) is 28.0. The Labute approximate surface area is 353 Å². The van der Waals surface area contributed by atoms with E-state index in [0.29, 0.717) is 19.3 Å². The fourth-order valence-electron chi connectivity index (χ4n) is 7.38. The summed E-state index contributed by atoms with van der Waals surface area (Å²) in [5.74, 6) is -0.488. The van der Waals surface area contributed by atoms with Gasteiger partial charge in [-0.15, -0.1) is 0 Å². The molecule has 0 aromatic carbocycles. The van der Waals surface area contributed by atoms with Gasteiger partial charge in [-0.3, -0.25) is 9.59 Å². The van der Waals surface area contributed by atoms with Crippen LogP contribution in [0.1, 0.15) is 252 Å². The molecule has 0 radical (unpaired) electrons. The fourth-order valence-corrected chi connectivity index (χ4v) is 7.38. The lowest BCUT2D eigenvalue weighted by Crippen LogP contribution is -2.46. The first kappa shape index (κ1) is 55.1. The van der Waals surface area contributed by atoms with E-state index in [0.717, 1.165) is 77.0 Å². The third-order valence-corrected chi connectivity index (χ3v) is 11.2. The normalized spacial score (nSPS) is 13.6. The molecule has 0 aliphatic heterocycles. The first-order valence-electron chi connectivity index (χ1n) is 24.7. The second kappa shape index (κ2) is 45.2. The van der Waals surface area contributed by atoms with Crippen molar-refractivity contribution in [2.45, 2.75) is 270 Å². The third-order valence-electron chi connectivity index (χ3n) is 11.2. The summed E-state index contributed by atoms with van der Waals surface area (Å²) in [5.41, 5.74) is 0. The van der Waals surface area contributed by atoms with Gasteiger partial charge in [0.05, 0.1) is 25.2 Å². The van der Waals surface area contributed by atoms with Crippen LogP contribution in [0, 0.1) is 0 Å². The van der Waals surface area contributed by atoms with E-state index in [9.17, 15) is 19.8 Å². The smallest absolute Gasteiger partial charge is 0.306 e. The zero-order valence-electron chi connectivity index (χ0n) is 38.0. The van der Waals surface area contributed by atoms with E-state index in [1.165, 1.54) is 128 Å². The molecule has 57 heavy (non-hydrogen) atoms. The zero-order valence-corrected chi connectivity index (χ0v) is 38.0. The maximum Gasteiger partial charge on any atom is 0.306 e. The van der Waals surface area contributed by atoms with Crippen molar-refractivity contribution in [3.05, 3.63) is 36.5 Å². The summed E-state index contributed by atoms with van der Waals surface area (Å²) in [5, 5.41) is 23.7. The number of ether oxygens (including phenoxy) is 1. The van der Waals surface area contributed by atoms with E-state index < -0.39 is 18.2 Å². The molecule has 0 aromatic rings. The molecular weight excluding hydrogens is 707 g/mol. The SMILES string of the molecule is CCCC/C=C\CCCCCCCC(=O)OC(CCCCCCCCC/C=C\C/C=C\CCCCC)CC(=O)NC(CO)C(O)CCCCCCCCCCCC. The highest BCUT2D eigenvalue weighted by molar-refractivity contribution is 5.77. The second-order valence-electron chi connectivity index (χ2n) is 16.9. The fraction of sp³-hybridized carbons (Fsp3) is 0.843. The molecular formula is C51H95NO5. The summed E-state index contributed by atoms with van der Waals surface area (Å²) in [6, 6.07) is -0.702. The summed E-state index contributed by atoms with van der Waals surface area (Å²) in [6.45, 7) is 6.41. The van der Waals surface area contributed by atoms with Crippen molar-refractivity contribution in [1.82, 2.24) is 5.32 Å². The number of unbranched alkanes of at least 4 members (excludes halogenated alkanes) is 26. The molecule has 0 fully saturated rings. The average Bonchev–Trinajstić information content (AvgIpc) is 3.20. The minimum Gasteiger partial charge on any atom is -0.462 e. The molecule has 334 valence electrons. The number of hydrogen-bond donors (Lipinski definition) is 3. The Bertz CT molecular complexity index is 946. The Kier molecular flexibility index (Phi) is 43.6. The van der Waals surface area contributed by atoms with Crippen LogP contribution >= 0.6 is 0 Å². The Morgan fingerprint density at radius 1 is 0.509 bits per heavy atom. The van der Waals surface area contributed by atoms with Gasteiger partial charge in [-0.2, -0.15) is 0 Å². The Morgan fingerprint density at radius 2 is 0.912 bits per heavy atom. The van der Waals surface area contributed by atoms with Crippen molar-refractivity contribution in [2.24, 2.45) is 0 Å². The molecule has 3 atom stereocenters. The predicted octanol–water partition coefficient (Wildman–Crippen LogP) is 14.5. The summed E-state index contributed by atoms with van der Waals surface area (Å²) >= 11 is 0. The van der Waals surface area contributed by atoms with E-state index >= 15 is 0 Å². The van der Waals surface area contributed by atoms with Crippen LogP contribution in [0.2, 0.25) is 0 Å². The number of hydrogen-bond acceptors (Lipinski definition) is 5. The Hall–Kier alpha value is -1.92. The molecule has 0 spiro atoms. The summed E-state index contributed by atoms with van der Waals surface area (Å²) in [6.07, 6.45) is 52.0. The van der Waals surface area contributed by atoms with Crippen LogP contribution in [0.3, 0.4) is 0 Å². The van der Waals surface area contributed by atoms with Gasteiger partial charge in [0.15, 0.2) is 0 Å². The highest BCUT2D eigenvalue weighted by Crippen LogP contribution is 2.18. The predicted molar refractivity (Wildman–Crippen MR) is 246 cm³/mol. The molecule has 0 saturated carbocycles. The van der Waals surface area contributed by atoms with Crippen LogP contribution < -0.4 is 5.32 Å². The van der Waals surface area contributed by atoms with Gasteiger partial charge < -0.3 is 20.3 Å². The molecule has 6 nitrogen and oxygen atoms in total. The minimum atomic E-state index is -0.788. The van der Waals surface area contributed by atoms with Gasteiger partial charge in [-0.05, 0) is 77.0 Å². The molecule has 0 aromatic heterocycles. The van der Waals surface area contributed by atoms with Crippen LogP contribution in [0.25, 0.3) is 0 Å². The number of rotatable bonds is 44. The number of allylic oxidation sites excluding steroid dienone is 6. The number of amides is 1. The molecule has 3 unspecified atom stereocenters. The number of aliphatic hydroxyl groups is 2. The van der Waals surface area contributed by atoms with E-state index in [1.807, 2.05) is 0 Å². The molecule has 0 aliphatic carbocycles. The summed E-state index contributed by atoms with van der Waals surface area (Å²) < 4.78 is 5.91. The van der Waals surface area contributed by atoms with E-state index in [-0.39, 0.29) is 24.9 Å². The number of carbonyl (C=O) groups is 2. The van der Waals surface area contributed by atoms with Crippen molar-refractivity contribution in [3.63, 3.8) is 0 Å². The van der Waals surface area contributed by atoms with Crippen molar-refractivity contribution in [3.8, 4) is 0 Å². The van der Waals surface area contributed by atoms with E-state index in [4.69, 9.17) is 4.74 Å². The number of esters is 1. The Balaban J connectivity index is 4.59. The van der Waals surface area contributed by atoms with Gasteiger partial charge >= 0.3 is 5.97 Å². The van der Waals surface area contributed by atoms with Gasteiger partial charge in [0.25, 0.3) is 0 Å². The maximum atomic E-state index is 13.2. The highest BCUT2D eigenvalue weighted by atomic mass is 16.5. The third kappa shape index (κ3) is 40.6. The number of carbonyl (C=O) groups excluding carboxylic acids is 2. The topological polar surface area (TPSA) is 95.9 Å². The molecule has 3 N–H and O–H groups in total. The first-order valence-corrected chi connectivity index (χ1v) is 24.7. The van der Waals surface area contributed by atoms with Crippen LogP contribution in [0.5, 0.6) is 0 Å².